The standard InChI is InChI=1S/C27H33NO3/c1-26(2)14-15-27(3,4)23-21(20(25(30)31)12-13-22(23)26)16-17-8-10-18(11-9-17)24(29)28-19-6-5-7-19/h8-13,19H,5-7,14-16H2,1-4H3,(H,28,29)(H,30,31). The van der Waals surface area contributed by atoms with Crippen LogP contribution >= 0.6 is 0 Å². The van der Waals surface area contributed by atoms with Gasteiger partial charge < -0.3 is 10.4 Å². The molecule has 0 aromatic heterocycles. The van der Waals surface area contributed by atoms with Gasteiger partial charge in [-0.05, 0) is 89.8 Å². The number of carbonyl (C=O) groups is 2. The second kappa shape index (κ2) is 7.81. The largest absolute Gasteiger partial charge is 0.478 e. The van der Waals surface area contributed by atoms with Crippen LogP contribution in [0.4, 0.5) is 0 Å². The number of aromatic carboxylic acids is 1. The Hall–Kier alpha value is -2.62. The minimum Gasteiger partial charge on any atom is -0.478 e. The molecule has 4 heteroatoms. The number of nitrogens with one attached hydrogen (secondary N) is 1. The van der Waals surface area contributed by atoms with E-state index in [9.17, 15) is 14.7 Å². The zero-order valence-electron chi connectivity index (χ0n) is 19.0. The summed E-state index contributed by atoms with van der Waals surface area (Å²) in [6.45, 7) is 8.95. The summed E-state index contributed by atoms with van der Waals surface area (Å²) in [5.74, 6) is -0.907. The molecule has 1 amide bonds. The summed E-state index contributed by atoms with van der Waals surface area (Å²) in [5.41, 5.74) is 5.39. The number of hydrogen-bond acceptors (Lipinski definition) is 2. The van der Waals surface area contributed by atoms with Gasteiger partial charge in [0.2, 0.25) is 0 Å². The molecular weight excluding hydrogens is 386 g/mol. The minimum absolute atomic E-state index is 0.0255. The summed E-state index contributed by atoms with van der Waals surface area (Å²) < 4.78 is 0. The fourth-order valence-corrected chi connectivity index (χ4v) is 5.05. The van der Waals surface area contributed by atoms with Crippen LogP contribution in [0.15, 0.2) is 36.4 Å². The number of hydrogen-bond donors (Lipinski definition) is 2. The van der Waals surface area contributed by atoms with Crippen molar-refractivity contribution >= 4 is 11.9 Å². The maximum atomic E-state index is 12.4. The zero-order valence-corrected chi connectivity index (χ0v) is 19.0. The second-order valence-corrected chi connectivity index (χ2v) is 10.6. The van der Waals surface area contributed by atoms with Crippen LogP contribution in [-0.2, 0) is 17.3 Å². The molecule has 0 bridgehead atoms. The van der Waals surface area contributed by atoms with Gasteiger partial charge in [-0.25, -0.2) is 4.79 Å². The van der Waals surface area contributed by atoms with E-state index in [0.29, 0.717) is 23.6 Å². The Balaban J connectivity index is 1.69. The quantitative estimate of drug-likeness (QED) is 0.662. The van der Waals surface area contributed by atoms with E-state index >= 15 is 0 Å². The Morgan fingerprint density at radius 3 is 2.19 bits per heavy atom. The summed E-state index contributed by atoms with van der Waals surface area (Å²) in [7, 11) is 0. The number of rotatable bonds is 5. The van der Waals surface area contributed by atoms with Gasteiger partial charge in [-0.15, -0.1) is 0 Å². The fourth-order valence-electron chi connectivity index (χ4n) is 5.05. The van der Waals surface area contributed by atoms with Crippen LogP contribution < -0.4 is 5.32 Å². The molecule has 2 aromatic carbocycles. The first-order chi connectivity index (χ1) is 14.6. The number of amides is 1. The van der Waals surface area contributed by atoms with Crippen LogP contribution in [0.3, 0.4) is 0 Å². The molecule has 2 N–H and O–H groups in total. The third-order valence-corrected chi connectivity index (χ3v) is 7.36. The van der Waals surface area contributed by atoms with Gasteiger partial charge in [0.05, 0.1) is 5.56 Å². The average molecular weight is 420 g/mol. The SMILES string of the molecule is CC1(C)CCC(C)(C)c2c1ccc(C(=O)O)c2Cc1ccc(C(=O)NC2CCC2)cc1. The van der Waals surface area contributed by atoms with Crippen LogP contribution in [0.5, 0.6) is 0 Å². The lowest BCUT2D eigenvalue weighted by Gasteiger charge is -2.43. The highest BCUT2D eigenvalue weighted by Gasteiger charge is 2.39. The van der Waals surface area contributed by atoms with Crippen LogP contribution in [0.2, 0.25) is 0 Å². The van der Waals surface area contributed by atoms with Crippen molar-refractivity contribution in [3.05, 3.63) is 69.8 Å². The molecule has 2 aromatic rings. The lowest BCUT2D eigenvalue weighted by molar-refractivity contribution is 0.0695. The van der Waals surface area contributed by atoms with Crippen LogP contribution in [-0.4, -0.2) is 23.0 Å². The highest BCUT2D eigenvalue weighted by atomic mass is 16.4. The third-order valence-electron chi connectivity index (χ3n) is 7.36. The first kappa shape index (κ1) is 21.6. The van der Waals surface area contributed by atoms with E-state index in [1.165, 1.54) is 17.5 Å². The molecule has 0 heterocycles. The van der Waals surface area contributed by atoms with Crippen molar-refractivity contribution in [3.63, 3.8) is 0 Å². The Morgan fingerprint density at radius 1 is 0.968 bits per heavy atom. The zero-order chi connectivity index (χ0) is 22.4. The predicted octanol–water partition coefficient (Wildman–Crippen LogP) is 5.61. The predicted molar refractivity (Wildman–Crippen MR) is 123 cm³/mol. The molecule has 0 unspecified atom stereocenters. The number of carbonyl (C=O) groups excluding carboxylic acids is 1. The van der Waals surface area contributed by atoms with E-state index in [1.54, 1.807) is 6.07 Å². The Labute approximate surface area is 185 Å². The highest BCUT2D eigenvalue weighted by molar-refractivity contribution is 5.94. The summed E-state index contributed by atoms with van der Waals surface area (Å²) in [6, 6.07) is 11.7. The number of carboxylic acid groups (broad SMARTS) is 1. The van der Waals surface area contributed by atoms with Crippen molar-refractivity contribution in [2.75, 3.05) is 0 Å². The summed E-state index contributed by atoms with van der Waals surface area (Å²) in [6.07, 6.45) is 5.98. The topological polar surface area (TPSA) is 66.4 Å². The molecule has 31 heavy (non-hydrogen) atoms. The minimum atomic E-state index is -0.881. The van der Waals surface area contributed by atoms with Gasteiger partial charge in [-0.3, -0.25) is 4.79 Å². The van der Waals surface area contributed by atoms with E-state index in [4.69, 9.17) is 0 Å². The van der Waals surface area contributed by atoms with Crippen molar-refractivity contribution in [2.45, 2.75) is 83.1 Å². The Kier molecular flexibility index (Phi) is 5.45. The molecule has 1 fully saturated rings. The second-order valence-electron chi connectivity index (χ2n) is 10.6. The molecule has 164 valence electrons. The van der Waals surface area contributed by atoms with E-state index in [1.807, 2.05) is 30.3 Å². The average Bonchev–Trinajstić information content (AvgIpc) is 2.68. The summed E-state index contributed by atoms with van der Waals surface area (Å²) in [4.78, 5) is 24.5. The van der Waals surface area contributed by atoms with E-state index < -0.39 is 5.97 Å². The van der Waals surface area contributed by atoms with Crippen LogP contribution in [0.1, 0.15) is 103 Å². The van der Waals surface area contributed by atoms with Gasteiger partial charge in [-0.2, -0.15) is 0 Å². The molecule has 4 rings (SSSR count). The first-order valence-corrected chi connectivity index (χ1v) is 11.4. The summed E-state index contributed by atoms with van der Waals surface area (Å²) in [5, 5.41) is 13.0. The van der Waals surface area contributed by atoms with Crippen LogP contribution in [0.25, 0.3) is 0 Å². The highest BCUT2D eigenvalue weighted by Crippen LogP contribution is 2.48. The van der Waals surface area contributed by atoms with Crippen molar-refractivity contribution in [3.8, 4) is 0 Å². The van der Waals surface area contributed by atoms with E-state index in [-0.39, 0.29) is 16.7 Å². The maximum absolute atomic E-state index is 12.4. The fraction of sp³-hybridized carbons (Fsp3) is 0.481. The molecule has 0 radical (unpaired) electrons. The van der Waals surface area contributed by atoms with Crippen LogP contribution in [0, 0.1) is 0 Å². The van der Waals surface area contributed by atoms with Gasteiger partial charge >= 0.3 is 5.97 Å². The molecule has 0 saturated heterocycles. The molecular formula is C27H33NO3. The molecule has 0 spiro atoms. The van der Waals surface area contributed by atoms with Crippen molar-refractivity contribution in [1.82, 2.24) is 5.32 Å². The Morgan fingerprint density at radius 2 is 1.61 bits per heavy atom. The molecule has 0 aliphatic heterocycles. The maximum Gasteiger partial charge on any atom is 0.335 e. The van der Waals surface area contributed by atoms with Crippen molar-refractivity contribution in [2.24, 2.45) is 0 Å². The van der Waals surface area contributed by atoms with Crippen molar-refractivity contribution in [1.29, 1.82) is 0 Å². The van der Waals surface area contributed by atoms with Gasteiger partial charge in [0.15, 0.2) is 0 Å². The van der Waals surface area contributed by atoms with Gasteiger partial charge in [0.1, 0.15) is 0 Å². The monoisotopic (exact) mass is 419 g/mol. The van der Waals surface area contributed by atoms with Gasteiger partial charge in [0.25, 0.3) is 5.91 Å². The lowest BCUT2D eigenvalue weighted by Crippen LogP contribution is -2.39. The molecule has 4 nitrogen and oxygen atoms in total. The first-order valence-electron chi connectivity index (χ1n) is 11.4. The van der Waals surface area contributed by atoms with E-state index in [0.717, 1.165) is 36.8 Å². The lowest BCUT2D eigenvalue weighted by atomic mass is 9.61. The smallest absolute Gasteiger partial charge is 0.335 e. The van der Waals surface area contributed by atoms with Gasteiger partial charge in [-0.1, -0.05) is 45.9 Å². The molecule has 2 aliphatic carbocycles. The Bertz CT molecular complexity index is 1010. The number of fused-ring (bicyclic) bond motifs is 1. The third kappa shape index (κ3) is 4.13. The number of benzene rings is 2. The molecule has 2 aliphatic rings. The number of carboxylic acids is 1. The van der Waals surface area contributed by atoms with Crippen molar-refractivity contribution < 1.29 is 14.7 Å². The molecule has 1 saturated carbocycles. The summed E-state index contributed by atoms with van der Waals surface area (Å²) >= 11 is 0. The van der Waals surface area contributed by atoms with E-state index in [2.05, 4.69) is 33.0 Å². The molecule has 0 atom stereocenters. The van der Waals surface area contributed by atoms with Gasteiger partial charge in [0, 0.05) is 11.6 Å². The normalized spacial score (nSPS) is 19.2.